The molecule has 14 heavy (non-hydrogen) atoms. The zero-order valence-electron chi connectivity index (χ0n) is 8.79. The van der Waals surface area contributed by atoms with Gasteiger partial charge >= 0.3 is 0 Å². The minimum atomic E-state index is 0.764. The summed E-state index contributed by atoms with van der Waals surface area (Å²) < 4.78 is 0. The smallest absolute Gasteiger partial charge is 0.150 e. The van der Waals surface area contributed by atoms with Gasteiger partial charge in [-0.3, -0.25) is 4.79 Å². The maximum Gasteiger partial charge on any atom is 0.150 e. The predicted molar refractivity (Wildman–Crippen MR) is 60.5 cm³/mol. The molecule has 1 aromatic rings. The molecule has 2 rings (SSSR count). The summed E-state index contributed by atoms with van der Waals surface area (Å²) in [4.78, 5) is 10.5. The second kappa shape index (κ2) is 5.38. The van der Waals surface area contributed by atoms with Crippen molar-refractivity contribution in [2.75, 3.05) is 0 Å². The fraction of sp³-hybridized carbons (Fsp3) is 0.308. The first-order valence-corrected chi connectivity index (χ1v) is 5.15. The number of carbonyl (C=O) groups excluding carboxylic acids is 1. The number of hydrogen-bond donors (Lipinski definition) is 0. The van der Waals surface area contributed by atoms with Crippen LogP contribution in [0.3, 0.4) is 0 Å². The number of carbonyl (C=O) groups is 1. The van der Waals surface area contributed by atoms with E-state index < -0.39 is 0 Å². The summed E-state index contributed by atoms with van der Waals surface area (Å²) in [5.74, 6) is 0. The Morgan fingerprint density at radius 1 is 1.29 bits per heavy atom. The quantitative estimate of drug-likeness (QED) is 0.616. The summed E-state index contributed by atoms with van der Waals surface area (Å²) in [5.41, 5.74) is 3.31. The molecule has 0 N–H and O–H groups in total. The van der Waals surface area contributed by atoms with E-state index in [1.165, 1.54) is 11.1 Å². The van der Waals surface area contributed by atoms with Gasteiger partial charge in [0.1, 0.15) is 6.29 Å². The molecule has 0 spiro atoms. The average Bonchev–Trinajstić information content (AvgIpc) is 2.31. The third kappa shape index (κ3) is 2.32. The van der Waals surface area contributed by atoms with Crippen molar-refractivity contribution in [3.8, 4) is 0 Å². The first kappa shape index (κ1) is 10.7. The zero-order chi connectivity index (χ0) is 10.4. The van der Waals surface area contributed by atoms with Gasteiger partial charge in [0.15, 0.2) is 0 Å². The van der Waals surface area contributed by atoms with E-state index >= 15 is 0 Å². The molecule has 0 saturated heterocycles. The highest BCUT2D eigenvalue weighted by molar-refractivity contribution is 5.77. The maximum atomic E-state index is 10.5. The van der Waals surface area contributed by atoms with Crippen LogP contribution in [0.25, 0.3) is 6.08 Å². The van der Waals surface area contributed by atoms with E-state index in [1.807, 2.05) is 32.0 Å². The van der Waals surface area contributed by atoms with Gasteiger partial charge in [0, 0.05) is 5.56 Å². The third-order valence-corrected chi connectivity index (χ3v) is 2.18. The summed E-state index contributed by atoms with van der Waals surface area (Å²) in [7, 11) is 0. The highest BCUT2D eigenvalue weighted by Crippen LogP contribution is 2.19. The molecule has 0 heterocycles. The minimum Gasteiger partial charge on any atom is -0.298 e. The normalized spacial score (nSPS) is 12.4. The van der Waals surface area contributed by atoms with Crippen LogP contribution < -0.4 is 0 Å². The Balaban J connectivity index is 0.000000461. The Morgan fingerprint density at radius 3 is 2.79 bits per heavy atom. The Kier molecular flexibility index (Phi) is 4.11. The summed E-state index contributed by atoms with van der Waals surface area (Å²) in [6.45, 7) is 4.00. The molecular formula is C13H16O. The lowest BCUT2D eigenvalue weighted by Gasteiger charge is -2.09. The fourth-order valence-electron chi connectivity index (χ4n) is 1.52. The summed E-state index contributed by atoms with van der Waals surface area (Å²) in [6, 6.07) is 5.87. The van der Waals surface area contributed by atoms with Crippen LogP contribution in [-0.4, -0.2) is 6.29 Å². The van der Waals surface area contributed by atoms with E-state index in [2.05, 4.69) is 12.2 Å². The topological polar surface area (TPSA) is 17.1 Å². The van der Waals surface area contributed by atoms with Gasteiger partial charge in [-0.2, -0.15) is 0 Å². The molecule has 1 aromatic carbocycles. The zero-order valence-corrected chi connectivity index (χ0v) is 8.79. The van der Waals surface area contributed by atoms with Crippen LogP contribution in [0.5, 0.6) is 0 Å². The Bertz CT molecular complexity index is 337. The van der Waals surface area contributed by atoms with Gasteiger partial charge < -0.3 is 0 Å². The predicted octanol–water partition coefficient (Wildman–Crippen LogP) is 3.48. The van der Waals surface area contributed by atoms with Crippen LogP contribution in [0, 0.1) is 0 Å². The van der Waals surface area contributed by atoms with Gasteiger partial charge in [0.05, 0.1) is 0 Å². The number of allylic oxidation sites excluding steroid dienone is 1. The van der Waals surface area contributed by atoms with Crippen LogP contribution in [0.2, 0.25) is 0 Å². The fourth-order valence-corrected chi connectivity index (χ4v) is 1.52. The third-order valence-electron chi connectivity index (χ3n) is 2.18. The molecule has 1 aliphatic rings. The number of hydrogen-bond acceptors (Lipinski definition) is 1. The van der Waals surface area contributed by atoms with Crippen molar-refractivity contribution in [1.29, 1.82) is 0 Å². The SMILES string of the molecule is CC.O=Cc1ccc2c(c1)C=CCC2. The molecule has 0 aromatic heterocycles. The Morgan fingerprint density at radius 2 is 2.07 bits per heavy atom. The Hall–Kier alpha value is -1.37. The largest absolute Gasteiger partial charge is 0.298 e. The van der Waals surface area contributed by atoms with E-state index in [0.29, 0.717) is 0 Å². The van der Waals surface area contributed by atoms with Crippen LogP contribution in [-0.2, 0) is 6.42 Å². The lowest BCUT2D eigenvalue weighted by Crippen LogP contribution is -1.94. The minimum absolute atomic E-state index is 0.764. The molecule has 0 atom stereocenters. The Labute approximate surface area is 85.5 Å². The van der Waals surface area contributed by atoms with Crippen LogP contribution in [0.4, 0.5) is 0 Å². The second-order valence-corrected chi connectivity index (χ2v) is 3.02. The van der Waals surface area contributed by atoms with Crippen molar-refractivity contribution in [3.63, 3.8) is 0 Å². The van der Waals surface area contributed by atoms with E-state index in [-0.39, 0.29) is 0 Å². The molecule has 0 saturated carbocycles. The average molecular weight is 188 g/mol. The molecule has 0 fully saturated rings. The first-order valence-electron chi connectivity index (χ1n) is 5.15. The number of aryl methyl sites for hydroxylation is 1. The molecule has 1 nitrogen and oxygen atoms in total. The van der Waals surface area contributed by atoms with Crippen molar-refractivity contribution < 1.29 is 4.79 Å². The lowest BCUT2D eigenvalue weighted by atomic mass is 9.96. The van der Waals surface area contributed by atoms with Gasteiger partial charge in [-0.05, 0) is 30.0 Å². The van der Waals surface area contributed by atoms with E-state index in [0.717, 1.165) is 24.7 Å². The summed E-state index contributed by atoms with van der Waals surface area (Å²) >= 11 is 0. The first-order chi connectivity index (χ1) is 6.90. The van der Waals surface area contributed by atoms with Crippen molar-refractivity contribution in [2.45, 2.75) is 26.7 Å². The number of rotatable bonds is 1. The lowest BCUT2D eigenvalue weighted by molar-refractivity contribution is 0.112. The monoisotopic (exact) mass is 188 g/mol. The van der Waals surface area contributed by atoms with Crippen molar-refractivity contribution in [2.24, 2.45) is 0 Å². The van der Waals surface area contributed by atoms with Gasteiger partial charge in [-0.1, -0.05) is 38.1 Å². The van der Waals surface area contributed by atoms with Crippen molar-refractivity contribution in [1.82, 2.24) is 0 Å². The summed E-state index contributed by atoms with van der Waals surface area (Å²) in [6.07, 6.45) is 7.35. The summed E-state index contributed by atoms with van der Waals surface area (Å²) in [5, 5.41) is 0. The molecule has 0 amide bonds. The number of fused-ring (bicyclic) bond motifs is 1. The van der Waals surface area contributed by atoms with E-state index in [1.54, 1.807) is 0 Å². The van der Waals surface area contributed by atoms with Crippen molar-refractivity contribution in [3.05, 3.63) is 41.0 Å². The van der Waals surface area contributed by atoms with E-state index in [4.69, 9.17) is 0 Å². The number of aldehydes is 1. The molecule has 0 aliphatic heterocycles. The molecule has 0 radical (unpaired) electrons. The van der Waals surface area contributed by atoms with Crippen LogP contribution in [0.1, 0.15) is 41.8 Å². The van der Waals surface area contributed by atoms with Crippen LogP contribution >= 0.6 is 0 Å². The maximum absolute atomic E-state index is 10.5. The molecule has 0 unspecified atom stereocenters. The second-order valence-electron chi connectivity index (χ2n) is 3.02. The van der Waals surface area contributed by atoms with Gasteiger partial charge in [0.25, 0.3) is 0 Å². The molecular weight excluding hydrogens is 172 g/mol. The molecule has 74 valence electrons. The molecule has 1 heteroatoms. The van der Waals surface area contributed by atoms with Crippen LogP contribution in [0.15, 0.2) is 24.3 Å². The van der Waals surface area contributed by atoms with Gasteiger partial charge in [-0.15, -0.1) is 0 Å². The van der Waals surface area contributed by atoms with Crippen molar-refractivity contribution >= 4 is 12.4 Å². The van der Waals surface area contributed by atoms with E-state index in [9.17, 15) is 4.79 Å². The standard InChI is InChI=1S/C11H10O.C2H6/c12-8-9-5-6-10-3-1-2-4-11(10)7-9;1-2/h2,4-8H,1,3H2;1-2H3. The molecule has 1 aliphatic carbocycles. The molecule has 0 bridgehead atoms. The van der Waals surface area contributed by atoms with Gasteiger partial charge in [0.2, 0.25) is 0 Å². The number of benzene rings is 1. The highest BCUT2D eigenvalue weighted by atomic mass is 16.1. The van der Waals surface area contributed by atoms with Gasteiger partial charge in [-0.25, -0.2) is 0 Å². The highest BCUT2D eigenvalue weighted by Gasteiger charge is 2.03.